The SMILES string of the molecule is CCn1cnc(Cn2ccnc2-c2cc3ccc(OC)cc3[nH]c2=O)c1. The number of H-pyrrole nitrogens is 1. The van der Waals surface area contributed by atoms with Gasteiger partial charge in [-0.25, -0.2) is 9.97 Å². The average molecular weight is 349 g/mol. The zero-order valence-electron chi connectivity index (χ0n) is 14.6. The van der Waals surface area contributed by atoms with Crippen molar-refractivity contribution in [1.29, 1.82) is 0 Å². The van der Waals surface area contributed by atoms with Crippen LogP contribution in [0.25, 0.3) is 22.3 Å². The first-order chi connectivity index (χ1) is 12.7. The number of aromatic nitrogens is 5. The molecular formula is C19H19N5O2. The number of pyridine rings is 1. The van der Waals surface area contributed by atoms with Gasteiger partial charge in [0.25, 0.3) is 5.56 Å². The fraction of sp³-hybridized carbons (Fsp3) is 0.211. The molecule has 0 aliphatic heterocycles. The maximum atomic E-state index is 12.6. The Morgan fingerprint density at radius 2 is 2.12 bits per heavy atom. The van der Waals surface area contributed by atoms with Gasteiger partial charge in [0.1, 0.15) is 11.6 Å². The Hall–Kier alpha value is -3.35. The Morgan fingerprint density at radius 3 is 2.88 bits per heavy atom. The summed E-state index contributed by atoms with van der Waals surface area (Å²) in [7, 11) is 1.60. The van der Waals surface area contributed by atoms with Crippen molar-refractivity contribution in [2.75, 3.05) is 7.11 Å². The number of nitrogens with one attached hydrogen (secondary N) is 1. The van der Waals surface area contributed by atoms with Crippen LogP contribution in [-0.2, 0) is 13.1 Å². The molecule has 4 rings (SSSR count). The van der Waals surface area contributed by atoms with Crippen LogP contribution in [0.3, 0.4) is 0 Å². The molecule has 1 aromatic carbocycles. The third-order valence-electron chi connectivity index (χ3n) is 4.39. The molecule has 0 fully saturated rings. The van der Waals surface area contributed by atoms with E-state index in [-0.39, 0.29) is 5.56 Å². The first kappa shape index (κ1) is 16.1. The number of ether oxygens (including phenoxy) is 1. The molecule has 0 aliphatic rings. The molecule has 1 N–H and O–H groups in total. The lowest BCUT2D eigenvalue weighted by molar-refractivity contribution is 0.415. The van der Waals surface area contributed by atoms with Gasteiger partial charge >= 0.3 is 0 Å². The first-order valence-corrected chi connectivity index (χ1v) is 8.41. The normalized spacial score (nSPS) is 11.2. The van der Waals surface area contributed by atoms with E-state index in [0.717, 1.165) is 23.1 Å². The lowest BCUT2D eigenvalue weighted by atomic mass is 10.1. The summed E-state index contributed by atoms with van der Waals surface area (Å²) in [5, 5.41) is 0.921. The van der Waals surface area contributed by atoms with Gasteiger partial charge in [-0.05, 0) is 30.5 Å². The molecule has 0 bridgehead atoms. The molecule has 7 heteroatoms. The Kier molecular flexibility index (Phi) is 4.04. The fourth-order valence-electron chi connectivity index (χ4n) is 2.99. The minimum atomic E-state index is -0.183. The number of hydrogen-bond donors (Lipinski definition) is 1. The molecule has 0 spiro atoms. The maximum Gasteiger partial charge on any atom is 0.259 e. The quantitative estimate of drug-likeness (QED) is 0.601. The van der Waals surface area contributed by atoms with E-state index in [9.17, 15) is 4.79 Å². The van der Waals surface area contributed by atoms with Crippen LogP contribution in [0.2, 0.25) is 0 Å². The molecule has 4 aromatic rings. The Morgan fingerprint density at radius 1 is 1.23 bits per heavy atom. The van der Waals surface area contributed by atoms with Crippen molar-refractivity contribution in [1.82, 2.24) is 24.1 Å². The van der Waals surface area contributed by atoms with Crippen LogP contribution in [0.15, 0.2) is 54.0 Å². The summed E-state index contributed by atoms with van der Waals surface area (Å²) in [6.07, 6.45) is 7.37. The molecule has 7 nitrogen and oxygen atoms in total. The number of aromatic amines is 1. The zero-order valence-corrected chi connectivity index (χ0v) is 14.6. The van der Waals surface area contributed by atoms with Gasteiger partial charge in [-0.1, -0.05) is 0 Å². The monoisotopic (exact) mass is 349 g/mol. The van der Waals surface area contributed by atoms with Crippen molar-refractivity contribution < 1.29 is 4.74 Å². The number of imidazole rings is 2. The second kappa shape index (κ2) is 6.51. The molecular weight excluding hydrogens is 330 g/mol. The highest BCUT2D eigenvalue weighted by Crippen LogP contribution is 2.22. The summed E-state index contributed by atoms with van der Waals surface area (Å²) < 4.78 is 9.16. The third-order valence-corrected chi connectivity index (χ3v) is 4.39. The first-order valence-electron chi connectivity index (χ1n) is 8.41. The molecule has 132 valence electrons. The van der Waals surface area contributed by atoms with Gasteiger partial charge in [-0.2, -0.15) is 0 Å². The third kappa shape index (κ3) is 2.88. The zero-order chi connectivity index (χ0) is 18.1. The van der Waals surface area contributed by atoms with E-state index in [1.807, 2.05) is 52.1 Å². The summed E-state index contributed by atoms with van der Waals surface area (Å²) in [5.74, 6) is 1.32. The van der Waals surface area contributed by atoms with E-state index in [1.54, 1.807) is 13.3 Å². The van der Waals surface area contributed by atoms with Crippen molar-refractivity contribution in [3.63, 3.8) is 0 Å². The number of rotatable bonds is 5. The van der Waals surface area contributed by atoms with Crippen LogP contribution < -0.4 is 10.3 Å². The minimum Gasteiger partial charge on any atom is -0.497 e. The standard InChI is InChI=1S/C19H19N5O2/c1-3-23-10-14(21-12-23)11-24-7-6-20-18(24)16-8-13-4-5-15(26-2)9-17(13)22-19(16)25/h4-10,12H,3,11H2,1-2H3,(H,22,25). The highest BCUT2D eigenvalue weighted by Gasteiger charge is 2.13. The van der Waals surface area contributed by atoms with Gasteiger partial charge in [-0.3, -0.25) is 4.79 Å². The number of fused-ring (bicyclic) bond motifs is 1. The highest BCUT2D eigenvalue weighted by molar-refractivity contribution is 5.83. The Balaban J connectivity index is 1.75. The van der Waals surface area contributed by atoms with Gasteiger partial charge in [0, 0.05) is 31.2 Å². The Labute approximate surface area is 149 Å². The van der Waals surface area contributed by atoms with E-state index >= 15 is 0 Å². The number of benzene rings is 1. The van der Waals surface area contributed by atoms with E-state index < -0.39 is 0 Å². The van der Waals surface area contributed by atoms with E-state index in [4.69, 9.17) is 4.74 Å². The number of aryl methyl sites for hydroxylation is 1. The molecule has 0 atom stereocenters. The van der Waals surface area contributed by atoms with E-state index in [0.29, 0.717) is 23.7 Å². The summed E-state index contributed by atoms with van der Waals surface area (Å²) in [5.41, 5.74) is 2.01. The molecule has 0 unspecified atom stereocenters. The summed E-state index contributed by atoms with van der Waals surface area (Å²) >= 11 is 0. The average Bonchev–Trinajstić information content (AvgIpc) is 3.30. The van der Waals surface area contributed by atoms with Crippen LogP contribution in [-0.4, -0.2) is 31.2 Å². The predicted octanol–water partition coefficient (Wildman–Crippen LogP) is 2.66. The summed E-state index contributed by atoms with van der Waals surface area (Å²) in [6.45, 7) is 3.50. The molecule has 0 aliphatic carbocycles. The summed E-state index contributed by atoms with van der Waals surface area (Å²) in [6, 6.07) is 7.46. The lowest BCUT2D eigenvalue weighted by Crippen LogP contribution is -2.12. The van der Waals surface area contributed by atoms with Crippen LogP contribution in [0.1, 0.15) is 12.6 Å². The van der Waals surface area contributed by atoms with E-state index in [1.165, 1.54) is 0 Å². The molecule has 0 saturated heterocycles. The minimum absolute atomic E-state index is 0.183. The fourth-order valence-corrected chi connectivity index (χ4v) is 2.99. The molecule has 26 heavy (non-hydrogen) atoms. The van der Waals surface area contributed by atoms with Gasteiger partial charge in [-0.15, -0.1) is 0 Å². The summed E-state index contributed by atoms with van der Waals surface area (Å²) in [4.78, 5) is 24.3. The van der Waals surface area contributed by atoms with Gasteiger partial charge in [0.2, 0.25) is 0 Å². The van der Waals surface area contributed by atoms with Gasteiger partial charge in [0.05, 0.1) is 36.8 Å². The van der Waals surface area contributed by atoms with Crippen molar-refractivity contribution in [3.05, 3.63) is 65.2 Å². The van der Waals surface area contributed by atoms with E-state index in [2.05, 4.69) is 21.9 Å². The van der Waals surface area contributed by atoms with Crippen LogP contribution >= 0.6 is 0 Å². The molecule has 3 heterocycles. The number of hydrogen-bond acceptors (Lipinski definition) is 4. The predicted molar refractivity (Wildman–Crippen MR) is 99.3 cm³/mol. The smallest absolute Gasteiger partial charge is 0.259 e. The van der Waals surface area contributed by atoms with Crippen LogP contribution in [0.4, 0.5) is 0 Å². The largest absolute Gasteiger partial charge is 0.497 e. The topological polar surface area (TPSA) is 77.7 Å². The molecule has 0 amide bonds. The lowest BCUT2D eigenvalue weighted by Gasteiger charge is -2.08. The van der Waals surface area contributed by atoms with Crippen molar-refractivity contribution in [2.24, 2.45) is 0 Å². The second-order valence-electron chi connectivity index (χ2n) is 6.04. The highest BCUT2D eigenvalue weighted by atomic mass is 16.5. The number of nitrogens with zero attached hydrogens (tertiary/aromatic N) is 4. The molecule has 0 radical (unpaired) electrons. The Bertz CT molecular complexity index is 1120. The van der Waals surface area contributed by atoms with Gasteiger partial charge < -0.3 is 18.9 Å². The molecule has 3 aromatic heterocycles. The van der Waals surface area contributed by atoms with Crippen LogP contribution in [0.5, 0.6) is 5.75 Å². The van der Waals surface area contributed by atoms with Crippen molar-refractivity contribution >= 4 is 10.9 Å². The second-order valence-corrected chi connectivity index (χ2v) is 6.04. The van der Waals surface area contributed by atoms with Crippen LogP contribution in [0, 0.1) is 0 Å². The maximum absolute atomic E-state index is 12.6. The molecule has 0 saturated carbocycles. The van der Waals surface area contributed by atoms with Crippen molar-refractivity contribution in [2.45, 2.75) is 20.0 Å². The van der Waals surface area contributed by atoms with Crippen molar-refractivity contribution in [3.8, 4) is 17.1 Å². The van der Waals surface area contributed by atoms with Gasteiger partial charge in [0.15, 0.2) is 0 Å². The number of methoxy groups -OCH3 is 1.